The maximum absolute atomic E-state index is 15.2. The van der Waals surface area contributed by atoms with E-state index < -0.39 is 42.7 Å². The van der Waals surface area contributed by atoms with Gasteiger partial charge in [-0.25, -0.2) is 19.2 Å². The minimum absolute atomic E-state index is 0.0634. The van der Waals surface area contributed by atoms with E-state index in [1.807, 2.05) is 26.0 Å². The molecular weight excluding hydrogens is 472 g/mol. The standard InChI is InChI=1S/C23H43F2N9O2/c1-31(2)8-9-32(3)23(36)14-4-6-33(7-5-14)19-16(25)11-27-12-17(19)29-22(35)18-20(26)30-34-13-15(24)10-28-21(18)34/h14-21,27-28,30H,4-13,26H2,1-3H3,(H,29,35). The third-order valence-corrected chi connectivity index (χ3v) is 8.00. The Bertz CT molecular complexity index is 770. The first-order chi connectivity index (χ1) is 17.2. The number of halogens is 2. The van der Waals surface area contributed by atoms with Gasteiger partial charge in [0.25, 0.3) is 0 Å². The molecule has 2 amide bonds. The molecule has 13 heteroatoms. The van der Waals surface area contributed by atoms with E-state index in [1.165, 1.54) is 0 Å². The highest BCUT2D eigenvalue weighted by Gasteiger charge is 2.48. The number of fused-ring (bicyclic) bond motifs is 1. The van der Waals surface area contributed by atoms with Gasteiger partial charge < -0.3 is 26.2 Å². The molecule has 206 valence electrons. The Labute approximate surface area is 212 Å². The van der Waals surface area contributed by atoms with Gasteiger partial charge in [-0.15, -0.1) is 0 Å². The van der Waals surface area contributed by atoms with E-state index >= 15 is 4.39 Å². The summed E-state index contributed by atoms with van der Waals surface area (Å²) >= 11 is 0. The summed E-state index contributed by atoms with van der Waals surface area (Å²) in [6, 6.07) is -0.913. The Morgan fingerprint density at radius 2 is 1.81 bits per heavy atom. The SMILES string of the molecule is CN(C)CCN(C)C(=O)C1CCN(C2C(F)CNCC2NC(=O)C2C(N)NN3CC(F)CNC23)CC1. The predicted octanol–water partition coefficient (Wildman–Crippen LogP) is -2.50. The maximum atomic E-state index is 15.2. The van der Waals surface area contributed by atoms with E-state index in [1.54, 1.807) is 9.91 Å². The Morgan fingerprint density at radius 3 is 2.50 bits per heavy atom. The van der Waals surface area contributed by atoms with Crippen molar-refractivity contribution in [2.75, 3.05) is 73.5 Å². The van der Waals surface area contributed by atoms with Crippen LogP contribution in [0.15, 0.2) is 0 Å². The minimum Gasteiger partial charge on any atom is -0.350 e. The number of rotatable bonds is 7. The average molecular weight is 516 g/mol. The molecule has 6 N–H and O–H groups in total. The van der Waals surface area contributed by atoms with Gasteiger partial charge in [-0.2, -0.15) is 0 Å². The number of nitrogens with one attached hydrogen (secondary N) is 4. The highest BCUT2D eigenvalue weighted by atomic mass is 19.1. The average Bonchev–Trinajstić information content (AvgIpc) is 3.17. The van der Waals surface area contributed by atoms with E-state index in [0.29, 0.717) is 39.0 Å². The third-order valence-electron chi connectivity index (χ3n) is 8.00. The van der Waals surface area contributed by atoms with Gasteiger partial charge in [-0.3, -0.25) is 19.8 Å². The normalized spacial score (nSPS) is 36.6. The Kier molecular flexibility index (Phi) is 9.13. The van der Waals surface area contributed by atoms with Crippen LogP contribution in [-0.2, 0) is 9.59 Å². The molecule has 36 heavy (non-hydrogen) atoms. The topological polar surface area (TPSA) is 121 Å². The van der Waals surface area contributed by atoms with Gasteiger partial charge in [0.2, 0.25) is 11.8 Å². The summed E-state index contributed by atoms with van der Waals surface area (Å²) in [6.07, 6.45) is -1.91. The van der Waals surface area contributed by atoms with Crippen molar-refractivity contribution in [3.8, 4) is 0 Å². The second kappa shape index (κ2) is 11.9. The number of likely N-dealkylation sites (N-methyl/N-ethyl adjacent to an activating group) is 2. The zero-order valence-corrected chi connectivity index (χ0v) is 21.6. The summed E-state index contributed by atoms with van der Waals surface area (Å²) in [6.45, 7) is 3.70. The van der Waals surface area contributed by atoms with Gasteiger partial charge in [-0.1, -0.05) is 0 Å². The van der Waals surface area contributed by atoms with Crippen LogP contribution in [0, 0.1) is 11.8 Å². The summed E-state index contributed by atoms with van der Waals surface area (Å²) in [5.41, 5.74) is 9.17. The van der Waals surface area contributed by atoms with E-state index in [-0.39, 0.29) is 37.4 Å². The van der Waals surface area contributed by atoms with Gasteiger partial charge in [0.05, 0.1) is 30.3 Å². The van der Waals surface area contributed by atoms with Crippen LogP contribution in [0.1, 0.15) is 12.8 Å². The lowest BCUT2D eigenvalue weighted by atomic mass is 9.90. The van der Waals surface area contributed by atoms with Crippen LogP contribution in [0.25, 0.3) is 0 Å². The summed E-state index contributed by atoms with van der Waals surface area (Å²) in [5, 5.41) is 10.8. The van der Waals surface area contributed by atoms with Crippen molar-refractivity contribution in [2.24, 2.45) is 17.6 Å². The number of hydrogen-bond acceptors (Lipinski definition) is 9. The quantitative estimate of drug-likeness (QED) is 0.251. The monoisotopic (exact) mass is 515 g/mol. The fourth-order valence-corrected chi connectivity index (χ4v) is 5.96. The molecule has 7 atom stereocenters. The first-order valence-electron chi connectivity index (χ1n) is 13.1. The molecule has 4 heterocycles. The predicted molar refractivity (Wildman–Crippen MR) is 132 cm³/mol. The number of hydrogen-bond donors (Lipinski definition) is 5. The summed E-state index contributed by atoms with van der Waals surface area (Å²) in [4.78, 5) is 32.1. The highest BCUT2D eigenvalue weighted by molar-refractivity contribution is 5.81. The Morgan fingerprint density at radius 1 is 1.08 bits per heavy atom. The first-order valence-corrected chi connectivity index (χ1v) is 13.1. The molecule has 4 rings (SSSR count). The van der Waals surface area contributed by atoms with Gasteiger partial charge in [0.1, 0.15) is 12.3 Å². The summed E-state index contributed by atoms with van der Waals surface area (Å²) in [5.74, 6) is -0.817. The molecule has 0 aromatic rings. The molecule has 0 saturated carbocycles. The number of nitrogens with two attached hydrogens (primary N) is 1. The van der Waals surface area contributed by atoms with Crippen LogP contribution in [0.2, 0.25) is 0 Å². The van der Waals surface area contributed by atoms with Crippen molar-refractivity contribution >= 4 is 11.8 Å². The van der Waals surface area contributed by atoms with Gasteiger partial charge in [0, 0.05) is 52.2 Å². The van der Waals surface area contributed by atoms with Crippen molar-refractivity contribution in [3.05, 3.63) is 0 Å². The molecule has 0 bridgehead atoms. The minimum atomic E-state index is -1.15. The number of alkyl halides is 2. The van der Waals surface area contributed by atoms with E-state index in [0.717, 1.165) is 6.54 Å². The van der Waals surface area contributed by atoms with Crippen molar-refractivity contribution in [3.63, 3.8) is 0 Å². The maximum Gasteiger partial charge on any atom is 0.229 e. The van der Waals surface area contributed by atoms with Crippen molar-refractivity contribution in [1.29, 1.82) is 0 Å². The molecule has 4 aliphatic rings. The third kappa shape index (κ3) is 6.14. The summed E-state index contributed by atoms with van der Waals surface area (Å²) < 4.78 is 29.0. The van der Waals surface area contributed by atoms with Gasteiger partial charge in [-0.05, 0) is 40.0 Å². The molecule has 0 aliphatic carbocycles. The number of hydrazine groups is 1. The number of amides is 2. The van der Waals surface area contributed by atoms with Crippen LogP contribution in [0.5, 0.6) is 0 Å². The van der Waals surface area contributed by atoms with Crippen LogP contribution in [-0.4, -0.2) is 142 Å². The molecule has 0 radical (unpaired) electrons. The molecule has 4 fully saturated rings. The number of likely N-dealkylation sites (tertiary alicyclic amines) is 1. The molecule has 7 unspecified atom stereocenters. The van der Waals surface area contributed by atoms with Gasteiger partial charge >= 0.3 is 0 Å². The molecule has 4 saturated heterocycles. The van der Waals surface area contributed by atoms with E-state index in [4.69, 9.17) is 5.73 Å². The number of carbonyl (C=O) groups is 2. The second-order valence-electron chi connectivity index (χ2n) is 10.9. The second-order valence-corrected chi connectivity index (χ2v) is 10.9. The Hall–Kier alpha value is -1.48. The molecule has 11 nitrogen and oxygen atoms in total. The number of piperidine rings is 2. The number of nitrogens with zero attached hydrogens (tertiary/aromatic N) is 4. The Balaban J connectivity index is 1.34. The first kappa shape index (κ1) is 27.6. The molecule has 0 aromatic carbocycles. The van der Waals surface area contributed by atoms with Crippen molar-refractivity contribution in [2.45, 2.75) is 49.6 Å². The van der Waals surface area contributed by atoms with Crippen molar-refractivity contribution in [1.82, 2.24) is 41.1 Å². The lowest BCUT2D eigenvalue weighted by molar-refractivity contribution is -0.136. The van der Waals surface area contributed by atoms with Crippen LogP contribution >= 0.6 is 0 Å². The van der Waals surface area contributed by atoms with Gasteiger partial charge in [0.15, 0.2) is 0 Å². The fourth-order valence-electron chi connectivity index (χ4n) is 5.96. The molecule has 0 spiro atoms. The summed E-state index contributed by atoms with van der Waals surface area (Å²) in [7, 11) is 5.81. The van der Waals surface area contributed by atoms with Crippen LogP contribution in [0.4, 0.5) is 8.78 Å². The van der Waals surface area contributed by atoms with Crippen LogP contribution in [0.3, 0.4) is 0 Å². The zero-order chi connectivity index (χ0) is 26.0. The zero-order valence-electron chi connectivity index (χ0n) is 21.6. The largest absolute Gasteiger partial charge is 0.350 e. The van der Waals surface area contributed by atoms with E-state index in [2.05, 4.69) is 26.3 Å². The fraction of sp³-hybridized carbons (Fsp3) is 0.913. The van der Waals surface area contributed by atoms with Crippen molar-refractivity contribution < 1.29 is 18.4 Å². The molecular formula is C23H43F2N9O2. The lowest BCUT2D eigenvalue weighted by Crippen LogP contribution is -2.67. The molecule has 4 aliphatic heterocycles. The highest BCUT2D eigenvalue weighted by Crippen LogP contribution is 2.27. The number of carbonyl (C=O) groups excluding carboxylic acids is 2. The lowest BCUT2D eigenvalue weighted by Gasteiger charge is -2.45. The van der Waals surface area contributed by atoms with E-state index in [9.17, 15) is 14.0 Å². The van der Waals surface area contributed by atoms with Crippen LogP contribution < -0.4 is 27.1 Å². The smallest absolute Gasteiger partial charge is 0.229 e. The molecule has 0 aromatic heterocycles.